The second kappa shape index (κ2) is 17.7. The molecular weight excluding hydrogens is 1070 g/mol. The first-order valence-electron chi connectivity index (χ1n) is 18.8. The monoisotopic (exact) mass is 1100 g/mol. The average Bonchev–Trinajstić information content (AvgIpc) is 3.65. The van der Waals surface area contributed by atoms with Crippen LogP contribution >= 0.6 is 14.3 Å². The van der Waals surface area contributed by atoms with Crippen LogP contribution in [0.15, 0.2) is 183 Å². The molecule has 0 bridgehead atoms. The van der Waals surface area contributed by atoms with Crippen molar-refractivity contribution in [2.24, 2.45) is 0 Å². The van der Waals surface area contributed by atoms with Crippen LogP contribution in [0.2, 0.25) is 0 Å². The molecule has 10 rings (SSSR count). The SMILES string of the molecule is O=P(c1[c-]c(-c2ccccn2)ccc1)(c1[c-]c2c(cc1)c1ccc(P(=O)(c3[c-]c(-c4ccccn4)ccc3)c3ccccc3)[c-]c1n2-c1nccnn1)c1ccccc1.[Pd+2].[Pt+2]. The minimum atomic E-state index is -3.60. The van der Waals surface area contributed by atoms with E-state index in [1.54, 1.807) is 23.2 Å². The molecule has 8 nitrogen and oxygen atoms in total. The number of benzene rings is 6. The molecule has 2 unspecified atom stereocenters. The third-order valence-electron chi connectivity index (χ3n) is 10.3. The Kier molecular flexibility index (Phi) is 12.2. The zero-order valence-electron chi connectivity index (χ0n) is 31.8. The maximum absolute atomic E-state index is 15.9. The molecule has 0 aliphatic carbocycles. The molecule has 0 fully saturated rings. The van der Waals surface area contributed by atoms with Crippen molar-refractivity contribution in [3.8, 4) is 28.5 Å². The molecule has 298 valence electrons. The summed E-state index contributed by atoms with van der Waals surface area (Å²) in [6.07, 6.45) is 6.52. The number of hydrogen-bond acceptors (Lipinski definition) is 7. The van der Waals surface area contributed by atoms with Gasteiger partial charge in [0, 0.05) is 23.0 Å². The Hall–Kier alpha value is -5.76. The summed E-state index contributed by atoms with van der Waals surface area (Å²) in [5.41, 5.74) is 4.03. The molecule has 0 saturated heterocycles. The van der Waals surface area contributed by atoms with Crippen molar-refractivity contribution in [3.63, 3.8) is 0 Å². The number of fused-ring (bicyclic) bond motifs is 3. The van der Waals surface area contributed by atoms with Gasteiger partial charge in [0.05, 0.1) is 12.4 Å². The second-order valence-electron chi connectivity index (χ2n) is 13.7. The van der Waals surface area contributed by atoms with Gasteiger partial charge in [-0.1, -0.05) is 117 Å². The molecule has 2 atom stereocenters. The molecule has 4 aromatic heterocycles. The van der Waals surface area contributed by atoms with Crippen molar-refractivity contribution in [2.75, 3.05) is 0 Å². The fourth-order valence-corrected chi connectivity index (χ4v) is 12.5. The molecule has 0 saturated carbocycles. The van der Waals surface area contributed by atoms with E-state index in [-0.39, 0.29) is 47.4 Å². The maximum Gasteiger partial charge on any atom is 2.00 e. The molecular formula is C49H30N6O2P2PdPt. The molecule has 12 heteroatoms. The Bertz CT molecular complexity index is 3040. The normalized spacial score (nSPS) is 13.0. The van der Waals surface area contributed by atoms with E-state index in [2.05, 4.69) is 49.4 Å². The van der Waals surface area contributed by atoms with E-state index >= 15 is 9.13 Å². The average molecular weight is 1100 g/mol. The molecule has 4 heterocycles. The molecule has 0 N–H and O–H groups in total. The summed E-state index contributed by atoms with van der Waals surface area (Å²) in [5.74, 6) is 0.255. The Labute approximate surface area is 380 Å². The van der Waals surface area contributed by atoms with Crippen LogP contribution in [-0.4, -0.2) is 29.7 Å². The molecule has 6 aromatic carbocycles. The summed E-state index contributed by atoms with van der Waals surface area (Å²) in [6.45, 7) is 0. The number of pyridine rings is 2. The van der Waals surface area contributed by atoms with Crippen molar-refractivity contribution in [2.45, 2.75) is 0 Å². The molecule has 0 aliphatic rings. The Balaban J connectivity index is 0.00000257. The van der Waals surface area contributed by atoms with Gasteiger partial charge in [-0.05, 0) is 23.5 Å². The number of rotatable bonds is 9. The van der Waals surface area contributed by atoms with Crippen LogP contribution in [-0.2, 0) is 50.6 Å². The topological polar surface area (TPSA) is 104 Å². The van der Waals surface area contributed by atoms with E-state index in [0.717, 1.165) is 33.3 Å². The minimum Gasteiger partial charge on any atom is -0.327 e. The molecule has 0 aliphatic heterocycles. The van der Waals surface area contributed by atoms with Crippen LogP contribution in [0.5, 0.6) is 0 Å². The first-order valence-corrected chi connectivity index (χ1v) is 22.2. The van der Waals surface area contributed by atoms with E-state index in [0.29, 0.717) is 42.9 Å². The van der Waals surface area contributed by atoms with E-state index in [9.17, 15) is 0 Å². The van der Waals surface area contributed by atoms with Gasteiger partial charge in [-0.15, -0.1) is 76.9 Å². The Morgan fingerprint density at radius 2 is 0.885 bits per heavy atom. The van der Waals surface area contributed by atoms with Crippen LogP contribution in [0.1, 0.15) is 0 Å². The van der Waals surface area contributed by atoms with Gasteiger partial charge >= 0.3 is 41.5 Å². The summed E-state index contributed by atoms with van der Waals surface area (Å²) in [4.78, 5) is 13.7. The van der Waals surface area contributed by atoms with Gasteiger partial charge in [0.15, 0.2) is 0 Å². The molecule has 10 aromatic rings. The molecule has 0 spiro atoms. The van der Waals surface area contributed by atoms with Gasteiger partial charge in [0.2, 0.25) is 0 Å². The second-order valence-corrected chi connectivity index (χ2v) is 19.1. The maximum atomic E-state index is 15.9. The van der Waals surface area contributed by atoms with Crippen molar-refractivity contribution < 1.29 is 50.6 Å². The first-order chi connectivity index (χ1) is 29.0. The smallest absolute Gasteiger partial charge is 0.327 e. The van der Waals surface area contributed by atoms with Crippen molar-refractivity contribution >= 4 is 67.9 Å². The van der Waals surface area contributed by atoms with Gasteiger partial charge in [0.1, 0.15) is 14.3 Å². The quantitative estimate of drug-likeness (QED) is 0.0836. The summed E-state index contributed by atoms with van der Waals surface area (Å²) >= 11 is 0. The van der Waals surface area contributed by atoms with Gasteiger partial charge in [-0.2, -0.15) is 40.1 Å². The van der Waals surface area contributed by atoms with Crippen LogP contribution in [0.4, 0.5) is 0 Å². The van der Waals surface area contributed by atoms with E-state index in [1.165, 1.54) is 6.20 Å². The number of hydrogen-bond donors (Lipinski definition) is 0. The minimum absolute atomic E-state index is 0. The third kappa shape index (κ3) is 7.53. The summed E-state index contributed by atoms with van der Waals surface area (Å²) < 4.78 is 33.7. The summed E-state index contributed by atoms with van der Waals surface area (Å²) in [6, 6.07) is 63.2. The zero-order valence-corrected chi connectivity index (χ0v) is 37.5. The van der Waals surface area contributed by atoms with Crippen LogP contribution in [0.25, 0.3) is 50.3 Å². The van der Waals surface area contributed by atoms with Gasteiger partial charge in [-0.3, -0.25) is 0 Å². The van der Waals surface area contributed by atoms with Gasteiger partial charge in [0.25, 0.3) is 5.95 Å². The van der Waals surface area contributed by atoms with E-state index in [4.69, 9.17) is 0 Å². The zero-order chi connectivity index (χ0) is 39.8. The van der Waals surface area contributed by atoms with Gasteiger partial charge in [-0.25, -0.2) is 4.98 Å². The summed E-state index contributed by atoms with van der Waals surface area (Å²) in [7, 11) is -7.20. The van der Waals surface area contributed by atoms with Crippen molar-refractivity contribution in [3.05, 3.63) is 207 Å². The molecule has 0 amide bonds. The Morgan fingerprint density at radius 1 is 0.426 bits per heavy atom. The van der Waals surface area contributed by atoms with E-state index < -0.39 is 14.3 Å². The number of aromatic nitrogens is 6. The Morgan fingerprint density at radius 3 is 1.31 bits per heavy atom. The fourth-order valence-electron chi connectivity index (χ4n) is 7.47. The standard InChI is InChI=1S/C49H30N6O2P2.Pd.Pt/c56-58(37-15-3-1-4-16-37,39-19-11-13-35(31-39)45-21-7-9-27-50-45)41-23-25-43-44-26-24-42(34-48(44)55(47(43)33-41)49-52-29-30-53-54-49)59(57,38-17-5-2-6-18-38)40-20-12-14-36(32-40)46-22-8-10-28-51-46;;/h1-30H;;/q-4;2*+2. The molecule has 61 heavy (non-hydrogen) atoms. The summed E-state index contributed by atoms with van der Waals surface area (Å²) in [5, 5.41) is 13.4. The van der Waals surface area contributed by atoms with Crippen LogP contribution < -0.4 is 31.8 Å². The van der Waals surface area contributed by atoms with Gasteiger partial charge < -0.3 is 23.7 Å². The van der Waals surface area contributed by atoms with Crippen LogP contribution in [0.3, 0.4) is 0 Å². The largest absolute Gasteiger partial charge is 2.00 e. The first kappa shape index (κ1) is 42.0. The predicted octanol–water partition coefficient (Wildman–Crippen LogP) is 7.57. The molecule has 0 radical (unpaired) electrons. The van der Waals surface area contributed by atoms with Crippen molar-refractivity contribution in [1.82, 2.24) is 29.7 Å². The van der Waals surface area contributed by atoms with Crippen LogP contribution in [0, 0.1) is 24.3 Å². The van der Waals surface area contributed by atoms with E-state index in [1.807, 2.05) is 158 Å². The fraction of sp³-hybridized carbons (Fsp3) is 0. The predicted molar refractivity (Wildman–Crippen MR) is 235 cm³/mol. The third-order valence-corrected chi connectivity index (χ3v) is 16.1. The number of nitrogens with zero attached hydrogens (tertiary/aromatic N) is 6. The van der Waals surface area contributed by atoms with Crippen molar-refractivity contribution in [1.29, 1.82) is 0 Å².